The zero-order chi connectivity index (χ0) is 14.2. The first-order valence-electron chi connectivity index (χ1n) is 5.35. The molecule has 0 aliphatic carbocycles. The van der Waals surface area contributed by atoms with Gasteiger partial charge < -0.3 is 0 Å². The molecule has 2 aromatic rings. The van der Waals surface area contributed by atoms with Crippen molar-refractivity contribution in [2.75, 3.05) is 0 Å². The first-order chi connectivity index (χ1) is 8.90. The molecule has 19 heavy (non-hydrogen) atoms. The average Bonchev–Trinajstić information content (AvgIpc) is 2.27. The highest BCUT2D eigenvalue weighted by molar-refractivity contribution is 6.42. The van der Waals surface area contributed by atoms with E-state index < -0.39 is 5.82 Å². The summed E-state index contributed by atoms with van der Waals surface area (Å²) < 4.78 is 13.4. The minimum atomic E-state index is -0.470. The fourth-order valence-corrected chi connectivity index (χ4v) is 2.85. The molecular weight excluding hydrogens is 310 g/mol. The zero-order valence-electron chi connectivity index (χ0n) is 9.81. The van der Waals surface area contributed by atoms with Crippen LogP contribution in [-0.4, -0.2) is 5.78 Å². The van der Waals surface area contributed by atoms with Crippen LogP contribution in [0.25, 0.3) is 11.1 Å². The molecule has 0 aliphatic rings. The highest BCUT2D eigenvalue weighted by Crippen LogP contribution is 2.39. The van der Waals surface area contributed by atoms with Crippen LogP contribution in [0.3, 0.4) is 0 Å². The topological polar surface area (TPSA) is 17.1 Å². The standard InChI is InChI=1S/C14H8Cl3FO/c1-7(19)10-3-2-9(18)6-11(10)14-12(16)4-8(15)5-13(14)17/h2-6H,1H3. The largest absolute Gasteiger partial charge is 0.294 e. The van der Waals surface area contributed by atoms with E-state index in [1.807, 2.05) is 0 Å². The molecule has 0 heterocycles. The molecule has 2 rings (SSSR count). The summed E-state index contributed by atoms with van der Waals surface area (Å²) in [6.45, 7) is 1.40. The van der Waals surface area contributed by atoms with E-state index in [-0.39, 0.29) is 15.8 Å². The molecule has 0 bridgehead atoms. The Morgan fingerprint density at radius 1 is 1.05 bits per heavy atom. The predicted molar refractivity (Wildman–Crippen MR) is 76.9 cm³/mol. The maximum atomic E-state index is 13.4. The van der Waals surface area contributed by atoms with Crippen LogP contribution in [0.4, 0.5) is 4.39 Å². The maximum Gasteiger partial charge on any atom is 0.160 e. The molecule has 1 nitrogen and oxygen atoms in total. The van der Waals surface area contributed by atoms with Gasteiger partial charge in [-0.15, -0.1) is 0 Å². The third kappa shape index (κ3) is 2.92. The fourth-order valence-electron chi connectivity index (χ4n) is 1.83. The molecule has 0 spiro atoms. The minimum Gasteiger partial charge on any atom is -0.294 e. The fraction of sp³-hybridized carbons (Fsp3) is 0.0714. The Balaban J connectivity index is 2.78. The van der Waals surface area contributed by atoms with E-state index in [1.165, 1.54) is 37.3 Å². The van der Waals surface area contributed by atoms with Crippen molar-refractivity contribution in [1.29, 1.82) is 0 Å². The van der Waals surface area contributed by atoms with E-state index in [1.54, 1.807) is 0 Å². The lowest BCUT2D eigenvalue weighted by Crippen LogP contribution is -1.98. The van der Waals surface area contributed by atoms with E-state index in [2.05, 4.69) is 0 Å². The Hall–Kier alpha value is -1.09. The molecular formula is C14H8Cl3FO. The summed E-state index contributed by atoms with van der Waals surface area (Å²) in [5.74, 6) is -0.667. The number of carbonyl (C=O) groups excluding carboxylic acids is 1. The van der Waals surface area contributed by atoms with Crippen molar-refractivity contribution in [2.24, 2.45) is 0 Å². The molecule has 98 valence electrons. The van der Waals surface area contributed by atoms with Gasteiger partial charge >= 0.3 is 0 Å². The Morgan fingerprint density at radius 3 is 2.16 bits per heavy atom. The van der Waals surface area contributed by atoms with Crippen molar-refractivity contribution in [2.45, 2.75) is 6.92 Å². The van der Waals surface area contributed by atoms with Gasteiger partial charge in [0, 0.05) is 16.1 Å². The number of hydrogen-bond donors (Lipinski definition) is 0. The van der Waals surface area contributed by atoms with Gasteiger partial charge in [-0.05, 0) is 42.8 Å². The van der Waals surface area contributed by atoms with Crippen LogP contribution in [0.5, 0.6) is 0 Å². The Bertz CT molecular complexity index is 645. The lowest BCUT2D eigenvalue weighted by atomic mass is 9.97. The van der Waals surface area contributed by atoms with Gasteiger partial charge in [-0.2, -0.15) is 0 Å². The smallest absolute Gasteiger partial charge is 0.160 e. The van der Waals surface area contributed by atoms with Crippen LogP contribution < -0.4 is 0 Å². The maximum absolute atomic E-state index is 13.4. The van der Waals surface area contributed by atoms with Gasteiger partial charge in [0.05, 0.1) is 10.0 Å². The second-order valence-electron chi connectivity index (χ2n) is 3.99. The van der Waals surface area contributed by atoms with Gasteiger partial charge in [-0.3, -0.25) is 4.79 Å². The predicted octanol–water partition coefficient (Wildman–Crippen LogP) is 5.66. The van der Waals surface area contributed by atoms with Gasteiger partial charge in [-0.25, -0.2) is 4.39 Å². The van der Waals surface area contributed by atoms with Crippen LogP contribution in [0, 0.1) is 5.82 Å². The number of halogens is 4. The first kappa shape index (κ1) is 14.3. The summed E-state index contributed by atoms with van der Waals surface area (Å²) in [6.07, 6.45) is 0. The SMILES string of the molecule is CC(=O)c1ccc(F)cc1-c1c(Cl)cc(Cl)cc1Cl. The summed E-state index contributed by atoms with van der Waals surface area (Å²) in [7, 11) is 0. The van der Waals surface area contributed by atoms with E-state index >= 15 is 0 Å². The average molecular weight is 318 g/mol. The van der Waals surface area contributed by atoms with Crippen molar-refractivity contribution < 1.29 is 9.18 Å². The Morgan fingerprint density at radius 2 is 1.63 bits per heavy atom. The van der Waals surface area contributed by atoms with Crippen molar-refractivity contribution >= 4 is 40.6 Å². The lowest BCUT2D eigenvalue weighted by Gasteiger charge is -2.11. The molecule has 0 amide bonds. The van der Waals surface area contributed by atoms with Gasteiger partial charge in [-0.1, -0.05) is 34.8 Å². The van der Waals surface area contributed by atoms with Crippen LogP contribution in [0.1, 0.15) is 17.3 Å². The molecule has 0 fully saturated rings. The van der Waals surface area contributed by atoms with Crippen LogP contribution in [-0.2, 0) is 0 Å². The van der Waals surface area contributed by atoms with Crippen molar-refractivity contribution in [1.82, 2.24) is 0 Å². The Kier molecular flexibility index (Phi) is 4.14. The van der Waals surface area contributed by atoms with Crippen molar-refractivity contribution in [3.05, 3.63) is 56.8 Å². The molecule has 5 heteroatoms. The zero-order valence-corrected chi connectivity index (χ0v) is 12.1. The van der Waals surface area contributed by atoms with E-state index in [9.17, 15) is 9.18 Å². The molecule has 2 aromatic carbocycles. The molecule has 0 radical (unpaired) electrons. The van der Waals surface area contributed by atoms with E-state index in [4.69, 9.17) is 34.8 Å². The van der Waals surface area contributed by atoms with Crippen LogP contribution in [0.2, 0.25) is 15.1 Å². The third-order valence-electron chi connectivity index (χ3n) is 2.64. The number of carbonyl (C=O) groups is 1. The molecule has 0 aromatic heterocycles. The van der Waals surface area contributed by atoms with Gasteiger partial charge in [0.1, 0.15) is 5.82 Å². The summed E-state index contributed by atoms with van der Waals surface area (Å²) in [5, 5.41) is 0.913. The summed E-state index contributed by atoms with van der Waals surface area (Å²) in [5.41, 5.74) is 1.11. The monoisotopic (exact) mass is 316 g/mol. The second-order valence-corrected chi connectivity index (χ2v) is 5.24. The minimum absolute atomic E-state index is 0.197. The second kappa shape index (κ2) is 5.49. The summed E-state index contributed by atoms with van der Waals surface area (Å²) >= 11 is 18.0. The molecule has 0 unspecified atom stereocenters. The van der Waals surface area contributed by atoms with Crippen LogP contribution in [0.15, 0.2) is 30.3 Å². The van der Waals surface area contributed by atoms with Crippen molar-refractivity contribution in [3.63, 3.8) is 0 Å². The molecule has 0 N–H and O–H groups in total. The van der Waals surface area contributed by atoms with Gasteiger partial charge in [0.15, 0.2) is 5.78 Å². The molecule has 0 saturated carbocycles. The molecule has 0 aliphatic heterocycles. The summed E-state index contributed by atoms with van der Waals surface area (Å²) in [4.78, 5) is 11.6. The lowest BCUT2D eigenvalue weighted by molar-refractivity contribution is 0.101. The third-order valence-corrected chi connectivity index (χ3v) is 3.45. The molecule has 0 saturated heterocycles. The normalized spacial score (nSPS) is 10.6. The van der Waals surface area contributed by atoms with E-state index in [0.29, 0.717) is 21.7 Å². The number of Topliss-reactive ketones (excluding diaryl/α,β-unsaturated/α-hetero) is 1. The quantitative estimate of drug-likeness (QED) is 0.654. The van der Waals surface area contributed by atoms with Gasteiger partial charge in [0.2, 0.25) is 0 Å². The highest BCUT2D eigenvalue weighted by atomic mass is 35.5. The number of ketones is 1. The number of rotatable bonds is 2. The number of hydrogen-bond acceptors (Lipinski definition) is 1. The van der Waals surface area contributed by atoms with E-state index in [0.717, 1.165) is 0 Å². The van der Waals surface area contributed by atoms with Gasteiger partial charge in [0.25, 0.3) is 0 Å². The summed E-state index contributed by atoms with van der Waals surface area (Å²) in [6, 6.07) is 6.86. The number of benzene rings is 2. The Labute approximate surface area is 124 Å². The van der Waals surface area contributed by atoms with Crippen LogP contribution >= 0.6 is 34.8 Å². The van der Waals surface area contributed by atoms with Crippen molar-refractivity contribution in [3.8, 4) is 11.1 Å². The highest BCUT2D eigenvalue weighted by Gasteiger charge is 2.16. The first-order valence-corrected chi connectivity index (χ1v) is 6.49. The molecule has 0 atom stereocenters.